The van der Waals surface area contributed by atoms with Crippen molar-refractivity contribution in [3.63, 3.8) is 0 Å². The second-order valence-corrected chi connectivity index (χ2v) is 4.52. The van der Waals surface area contributed by atoms with Crippen LogP contribution in [0.3, 0.4) is 0 Å². The Morgan fingerprint density at radius 1 is 1.25 bits per heavy atom. The van der Waals surface area contributed by atoms with Crippen LogP contribution in [0.5, 0.6) is 0 Å². The average Bonchev–Trinajstić information content (AvgIpc) is 2.97. The summed E-state index contributed by atoms with van der Waals surface area (Å²) in [6.07, 6.45) is 7.02. The fourth-order valence-corrected chi connectivity index (χ4v) is 2.45. The Hall–Kier alpha value is -1.88. The van der Waals surface area contributed by atoms with Crippen molar-refractivity contribution in [2.75, 3.05) is 0 Å². The van der Waals surface area contributed by atoms with E-state index < -0.39 is 0 Å². The summed E-state index contributed by atoms with van der Waals surface area (Å²) in [5, 5.41) is 4.15. The molecule has 3 heterocycles. The van der Waals surface area contributed by atoms with Crippen LogP contribution >= 0.6 is 11.3 Å². The van der Waals surface area contributed by atoms with E-state index in [9.17, 15) is 0 Å². The monoisotopic (exact) mass is 231 g/mol. The van der Waals surface area contributed by atoms with E-state index in [0.29, 0.717) is 0 Å². The highest BCUT2D eigenvalue weighted by Gasteiger charge is 2.08. The van der Waals surface area contributed by atoms with E-state index in [-0.39, 0.29) is 0 Å². The van der Waals surface area contributed by atoms with Gasteiger partial charge in [-0.25, -0.2) is 4.98 Å². The molecule has 80 valence electrons. The molecule has 0 spiro atoms. The fourth-order valence-electron chi connectivity index (χ4n) is 1.51. The molecule has 0 aliphatic heterocycles. The molecule has 0 saturated carbocycles. The topological polar surface area (TPSA) is 43.9 Å². The molecule has 0 aliphatic rings. The van der Waals surface area contributed by atoms with Gasteiger partial charge in [-0.1, -0.05) is 0 Å². The Morgan fingerprint density at radius 2 is 2.12 bits per heavy atom. The summed E-state index contributed by atoms with van der Waals surface area (Å²) in [6, 6.07) is 4.10. The smallest absolute Gasteiger partial charge is 0.181 e. The van der Waals surface area contributed by atoms with Gasteiger partial charge < -0.3 is 4.42 Å². The number of aryl methyl sites for hydroxylation is 1. The summed E-state index contributed by atoms with van der Waals surface area (Å²) < 4.78 is 7.05. The maximum absolute atomic E-state index is 5.25. The third-order valence-corrected chi connectivity index (χ3v) is 3.42. The highest BCUT2D eigenvalue weighted by molar-refractivity contribution is 7.18. The van der Waals surface area contributed by atoms with Gasteiger partial charge in [0.2, 0.25) is 0 Å². The van der Waals surface area contributed by atoms with Crippen LogP contribution < -0.4 is 0 Å². The Bertz CT molecular complexity index is 594. The molecule has 4 nitrogen and oxygen atoms in total. The van der Waals surface area contributed by atoms with Crippen molar-refractivity contribution >= 4 is 11.3 Å². The van der Waals surface area contributed by atoms with Crippen LogP contribution in [0.25, 0.3) is 21.1 Å². The van der Waals surface area contributed by atoms with E-state index in [1.807, 2.05) is 25.5 Å². The van der Waals surface area contributed by atoms with Crippen LogP contribution in [0, 0.1) is 0 Å². The van der Waals surface area contributed by atoms with Crippen LogP contribution in [0.15, 0.2) is 41.5 Å². The third-order valence-electron chi connectivity index (χ3n) is 2.27. The summed E-state index contributed by atoms with van der Waals surface area (Å²) in [4.78, 5) is 6.17. The van der Waals surface area contributed by atoms with Gasteiger partial charge in [-0.2, -0.15) is 5.10 Å². The lowest BCUT2D eigenvalue weighted by atomic mass is 10.3. The van der Waals surface area contributed by atoms with Gasteiger partial charge in [0.15, 0.2) is 12.2 Å². The van der Waals surface area contributed by atoms with Gasteiger partial charge in [0.05, 0.1) is 17.3 Å². The normalized spacial score (nSPS) is 10.8. The van der Waals surface area contributed by atoms with Gasteiger partial charge in [0, 0.05) is 23.7 Å². The number of nitrogens with zero attached hydrogens (tertiary/aromatic N) is 3. The van der Waals surface area contributed by atoms with Gasteiger partial charge in [0.25, 0.3) is 0 Å². The van der Waals surface area contributed by atoms with E-state index in [1.165, 1.54) is 11.3 Å². The summed E-state index contributed by atoms with van der Waals surface area (Å²) in [7, 11) is 1.91. The molecule has 0 atom stereocenters. The summed E-state index contributed by atoms with van der Waals surface area (Å²) >= 11 is 1.67. The molecule has 0 unspecified atom stereocenters. The van der Waals surface area contributed by atoms with Crippen LogP contribution in [-0.4, -0.2) is 14.8 Å². The number of rotatable bonds is 2. The summed E-state index contributed by atoms with van der Waals surface area (Å²) in [5.74, 6) is 0.806. The van der Waals surface area contributed by atoms with Crippen molar-refractivity contribution in [3.05, 3.63) is 37.1 Å². The van der Waals surface area contributed by atoms with Crippen molar-refractivity contribution in [2.24, 2.45) is 7.05 Å². The van der Waals surface area contributed by atoms with Gasteiger partial charge in [-0.3, -0.25) is 4.68 Å². The second kappa shape index (κ2) is 3.61. The predicted molar refractivity (Wildman–Crippen MR) is 62.0 cm³/mol. The Labute approximate surface area is 96.2 Å². The Kier molecular flexibility index (Phi) is 2.11. The van der Waals surface area contributed by atoms with Gasteiger partial charge in [-0.05, 0) is 12.1 Å². The van der Waals surface area contributed by atoms with Crippen molar-refractivity contribution in [1.29, 1.82) is 0 Å². The zero-order chi connectivity index (χ0) is 11.0. The van der Waals surface area contributed by atoms with Crippen LogP contribution in [0.4, 0.5) is 0 Å². The molecule has 5 heteroatoms. The fraction of sp³-hybridized carbons (Fsp3) is 0.0909. The molecule has 0 fully saturated rings. The van der Waals surface area contributed by atoms with E-state index in [1.54, 1.807) is 22.2 Å². The van der Waals surface area contributed by atoms with Crippen LogP contribution in [-0.2, 0) is 7.05 Å². The van der Waals surface area contributed by atoms with E-state index in [0.717, 1.165) is 16.2 Å². The molecule has 3 aromatic rings. The maximum Gasteiger partial charge on any atom is 0.181 e. The lowest BCUT2D eigenvalue weighted by molar-refractivity contribution is 0.573. The molecule has 3 aromatic heterocycles. The lowest BCUT2D eigenvalue weighted by Crippen LogP contribution is -1.83. The lowest BCUT2D eigenvalue weighted by Gasteiger charge is -1.88. The maximum atomic E-state index is 5.25. The Balaban J connectivity index is 2.00. The zero-order valence-corrected chi connectivity index (χ0v) is 9.44. The minimum Gasteiger partial charge on any atom is -0.443 e. The van der Waals surface area contributed by atoms with Gasteiger partial charge in [-0.15, -0.1) is 11.3 Å². The highest BCUT2D eigenvalue weighted by Crippen LogP contribution is 2.33. The zero-order valence-electron chi connectivity index (χ0n) is 8.62. The highest BCUT2D eigenvalue weighted by atomic mass is 32.1. The first-order valence-corrected chi connectivity index (χ1v) is 5.62. The molecule has 16 heavy (non-hydrogen) atoms. The molecule has 0 N–H and O–H groups in total. The molecule has 0 radical (unpaired) electrons. The van der Waals surface area contributed by atoms with Crippen molar-refractivity contribution in [3.8, 4) is 21.1 Å². The molecule has 0 aromatic carbocycles. The van der Waals surface area contributed by atoms with Crippen molar-refractivity contribution < 1.29 is 4.42 Å². The first kappa shape index (κ1) is 9.35. The first-order valence-electron chi connectivity index (χ1n) is 4.80. The van der Waals surface area contributed by atoms with E-state index in [4.69, 9.17) is 4.42 Å². The average molecular weight is 231 g/mol. The Morgan fingerprint density at radius 3 is 2.81 bits per heavy atom. The molecular weight excluding hydrogens is 222 g/mol. The van der Waals surface area contributed by atoms with Crippen LogP contribution in [0.1, 0.15) is 0 Å². The summed E-state index contributed by atoms with van der Waals surface area (Å²) in [5.41, 5.74) is 1.12. The van der Waals surface area contributed by atoms with Crippen LogP contribution in [0.2, 0.25) is 0 Å². The molecule has 0 saturated heterocycles. The summed E-state index contributed by atoms with van der Waals surface area (Å²) in [6.45, 7) is 0. The second-order valence-electron chi connectivity index (χ2n) is 3.43. The number of hydrogen-bond acceptors (Lipinski definition) is 4. The van der Waals surface area contributed by atoms with Crippen molar-refractivity contribution in [1.82, 2.24) is 14.8 Å². The van der Waals surface area contributed by atoms with Gasteiger partial charge >= 0.3 is 0 Å². The molecule has 0 bridgehead atoms. The molecule has 3 rings (SSSR count). The minimum atomic E-state index is 0.806. The van der Waals surface area contributed by atoms with Crippen molar-refractivity contribution in [2.45, 2.75) is 0 Å². The third kappa shape index (κ3) is 1.55. The standard InChI is InChI=1S/C11H9N3OS/c1-14-6-8(4-13-14)10-2-3-11(16-10)9-5-12-7-15-9/h2-7H,1H3. The number of thiophene rings is 1. The molecule has 0 amide bonds. The largest absolute Gasteiger partial charge is 0.443 e. The number of hydrogen-bond donors (Lipinski definition) is 0. The quantitative estimate of drug-likeness (QED) is 0.681. The number of aromatic nitrogens is 3. The SMILES string of the molecule is Cn1cc(-c2ccc(-c3cnco3)s2)cn1. The molecule has 0 aliphatic carbocycles. The van der Waals surface area contributed by atoms with Gasteiger partial charge in [0.1, 0.15) is 0 Å². The number of oxazole rings is 1. The van der Waals surface area contributed by atoms with E-state index >= 15 is 0 Å². The predicted octanol–water partition coefficient (Wildman–Crippen LogP) is 2.80. The molecular formula is C11H9N3OS. The van der Waals surface area contributed by atoms with E-state index in [2.05, 4.69) is 16.1 Å². The first-order chi connectivity index (χ1) is 7.83. The minimum absolute atomic E-state index is 0.806.